The molecule has 0 fully saturated rings. The van der Waals surface area contributed by atoms with E-state index in [0.717, 1.165) is 0 Å². The van der Waals surface area contributed by atoms with Crippen molar-refractivity contribution in [2.24, 2.45) is 0 Å². The molecule has 0 bridgehead atoms. The van der Waals surface area contributed by atoms with Crippen molar-refractivity contribution >= 4 is 28.9 Å². The second-order valence-corrected chi connectivity index (χ2v) is 8.40. The fraction of sp³-hybridized carbons (Fsp3) is 1.00. The van der Waals surface area contributed by atoms with Crippen LogP contribution in [0.4, 0.5) is 0 Å². The Hall–Kier alpha value is 1.09. The number of hydrogen-bond acceptors (Lipinski definition) is 0. The van der Waals surface area contributed by atoms with Gasteiger partial charge in [0.2, 0.25) is 0 Å². The molecule has 0 N–H and O–H groups in total. The van der Waals surface area contributed by atoms with E-state index in [1.165, 1.54) is 75.1 Å². The predicted octanol–water partition coefficient (Wildman–Crippen LogP) is 5.57. The average Bonchev–Trinajstić information content (AvgIpc) is 2.26. The van der Waals surface area contributed by atoms with Crippen LogP contribution in [0.2, 0.25) is 4.44 Å². The number of hydrogen-bond donors (Lipinski definition) is 0. The van der Waals surface area contributed by atoms with Crippen LogP contribution >= 0.6 is 8.92 Å². The van der Waals surface area contributed by atoms with E-state index in [-0.39, 0.29) is 0 Å². The van der Waals surface area contributed by atoms with Crippen molar-refractivity contribution in [3.63, 3.8) is 0 Å². The third-order valence-corrected chi connectivity index (χ3v) is 5.69. The first-order valence-electron chi connectivity index (χ1n) is 6.75. The molecule has 0 nitrogen and oxygen atoms in total. The standard InChI is InChI=1S/C13H27.ClH.Sn/c1-3-5-7-9-11-13-12-10-8-6-4-2;;/h1,3-13H2,2H3;1H;/q;;+3/p-1. The second kappa shape index (κ2) is 15.1. The van der Waals surface area contributed by atoms with Crippen LogP contribution in [-0.4, -0.2) is 20.0 Å². The number of halogens is 1. The van der Waals surface area contributed by atoms with Gasteiger partial charge in [0.05, 0.1) is 0 Å². The Kier molecular flexibility index (Phi) is 16.2. The van der Waals surface area contributed by atoms with Gasteiger partial charge in [-0.2, -0.15) is 0 Å². The van der Waals surface area contributed by atoms with E-state index < -0.39 is 20.0 Å². The Morgan fingerprint density at radius 3 is 1.47 bits per heavy atom. The van der Waals surface area contributed by atoms with Gasteiger partial charge >= 0.3 is 104 Å². The zero-order valence-electron chi connectivity index (χ0n) is 10.4. The molecule has 0 aromatic rings. The van der Waals surface area contributed by atoms with E-state index in [0.29, 0.717) is 0 Å². The molecule has 0 aromatic carbocycles. The maximum absolute atomic E-state index is 5.79. The van der Waals surface area contributed by atoms with Crippen LogP contribution in [0, 0.1) is 0 Å². The normalized spacial score (nSPS) is 10.3. The van der Waals surface area contributed by atoms with Crippen molar-refractivity contribution in [1.82, 2.24) is 0 Å². The summed E-state index contributed by atoms with van der Waals surface area (Å²) in [5, 5.41) is 0. The molecule has 0 aromatic heterocycles. The molecule has 15 heavy (non-hydrogen) atoms. The van der Waals surface area contributed by atoms with Crippen LogP contribution in [0.15, 0.2) is 0 Å². The Bertz CT molecular complexity index is 94.7. The quantitative estimate of drug-likeness (QED) is 0.322. The van der Waals surface area contributed by atoms with Gasteiger partial charge < -0.3 is 0 Å². The zero-order chi connectivity index (χ0) is 11.2. The van der Waals surface area contributed by atoms with Gasteiger partial charge in [-0.3, -0.25) is 0 Å². The van der Waals surface area contributed by atoms with Crippen LogP contribution in [0.5, 0.6) is 0 Å². The monoisotopic (exact) mass is 338 g/mol. The van der Waals surface area contributed by atoms with Crippen molar-refractivity contribution in [3.8, 4) is 0 Å². The molecule has 0 saturated heterocycles. The SMILES string of the molecule is CCCCCCCCCCCC[CH2][Sn+2][Cl]. The molecule has 2 heteroatoms. The summed E-state index contributed by atoms with van der Waals surface area (Å²) in [4.78, 5) is 0. The van der Waals surface area contributed by atoms with Gasteiger partial charge in [0.25, 0.3) is 0 Å². The van der Waals surface area contributed by atoms with E-state index in [9.17, 15) is 0 Å². The molecule has 0 rings (SSSR count). The Morgan fingerprint density at radius 1 is 0.667 bits per heavy atom. The average molecular weight is 338 g/mol. The van der Waals surface area contributed by atoms with Crippen molar-refractivity contribution < 1.29 is 0 Å². The van der Waals surface area contributed by atoms with Gasteiger partial charge in [-0.25, -0.2) is 0 Å². The summed E-state index contributed by atoms with van der Waals surface area (Å²) in [7, 11) is 5.79. The minimum atomic E-state index is -0.397. The number of rotatable bonds is 12. The summed E-state index contributed by atoms with van der Waals surface area (Å²) in [6, 6.07) is 0. The molecule has 0 atom stereocenters. The molecule has 0 spiro atoms. The topological polar surface area (TPSA) is 0 Å². The summed E-state index contributed by atoms with van der Waals surface area (Å²) in [5.74, 6) is 0. The van der Waals surface area contributed by atoms with Gasteiger partial charge in [-0.05, 0) is 0 Å². The molecule has 0 radical (unpaired) electrons. The van der Waals surface area contributed by atoms with Crippen molar-refractivity contribution in [2.75, 3.05) is 0 Å². The summed E-state index contributed by atoms with van der Waals surface area (Å²) in [6.45, 7) is 2.28. The molecule has 0 aliphatic carbocycles. The van der Waals surface area contributed by atoms with Gasteiger partial charge in [0, 0.05) is 0 Å². The first-order valence-corrected chi connectivity index (χ1v) is 12.4. The van der Waals surface area contributed by atoms with Crippen molar-refractivity contribution in [3.05, 3.63) is 0 Å². The Morgan fingerprint density at radius 2 is 1.07 bits per heavy atom. The summed E-state index contributed by atoms with van der Waals surface area (Å²) in [5.41, 5.74) is 0. The van der Waals surface area contributed by atoms with Crippen LogP contribution in [-0.2, 0) is 0 Å². The molecule has 0 saturated carbocycles. The molecule has 0 aliphatic rings. The third kappa shape index (κ3) is 15.1. The van der Waals surface area contributed by atoms with E-state index in [4.69, 9.17) is 8.92 Å². The van der Waals surface area contributed by atoms with E-state index in [1.54, 1.807) is 0 Å². The third-order valence-electron chi connectivity index (χ3n) is 2.87. The van der Waals surface area contributed by atoms with Crippen LogP contribution in [0.25, 0.3) is 0 Å². The molecule has 0 unspecified atom stereocenters. The first-order chi connectivity index (χ1) is 7.41. The van der Waals surface area contributed by atoms with Crippen molar-refractivity contribution in [2.45, 2.75) is 82.0 Å². The van der Waals surface area contributed by atoms with Crippen LogP contribution in [0.1, 0.15) is 77.6 Å². The van der Waals surface area contributed by atoms with Gasteiger partial charge in [-0.1, -0.05) is 6.92 Å². The second-order valence-electron chi connectivity index (χ2n) is 4.42. The molecule has 0 aliphatic heterocycles. The van der Waals surface area contributed by atoms with E-state index >= 15 is 0 Å². The molecule has 88 valence electrons. The van der Waals surface area contributed by atoms with E-state index in [2.05, 4.69) is 6.92 Å². The first kappa shape index (κ1) is 16.1. The number of unbranched alkanes of at least 4 members (excludes halogenated alkanes) is 10. The fourth-order valence-electron chi connectivity index (χ4n) is 1.86. The molecular formula is C13H27ClSn+2. The Balaban J connectivity index is 2.81. The zero-order valence-corrected chi connectivity index (χ0v) is 14.0. The molecule has 0 amide bonds. The van der Waals surface area contributed by atoms with E-state index in [1.807, 2.05) is 0 Å². The van der Waals surface area contributed by atoms with Crippen LogP contribution in [0.3, 0.4) is 0 Å². The molecular weight excluding hydrogens is 310 g/mol. The van der Waals surface area contributed by atoms with Gasteiger partial charge in [0.15, 0.2) is 0 Å². The minimum absolute atomic E-state index is 0.397. The summed E-state index contributed by atoms with van der Waals surface area (Å²) < 4.78 is 1.38. The predicted molar refractivity (Wildman–Crippen MR) is 72.9 cm³/mol. The van der Waals surface area contributed by atoms with Gasteiger partial charge in [0.1, 0.15) is 0 Å². The van der Waals surface area contributed by atoms with Crippen LogP contribution < -0.4 is 0 Å². The van der Waals surface area contributed by atoms with Crippen molar-refractivity contribution in [1.29, 1.82) is 0 Å². The fourth-order valence-corrected chi connectivity index (χ4v) is 3.85. The Labute approximate surface area is 110 Å². The molecule has 0 heterocycles. The summed E-state index contributed by atoms with van der Waals surface area (Å²) >= 11 is -0.397. The summed E-state index contributed by atoms with van der Waals surface area (Å²) in [6.07, 6.45) is 15.9. The maximum atomic E-state index is 5.79. The van der Waals surface area contributed by atoms with Gasteiger partial charge in [-0.15, -0.1) is 0 Å².